The summed E-state index contributed by atoms with van der Waals surface area (Å²) in [6, 6.07) is 6.65. The molecule has 1 aromatic carbocycles. The molecular formula is C18H27N3O3S. The number of anilines is 1. The fourth-order valence-electron chi connectivity index (χ4n) is 3.08. The number of carbonyl (C=O) groups is 1. The lowest BCUT2D eigenvalue weighted by atomic mass is 10.1. The van der Waals surface area contributed by atoms with E-state index >= 15 is 0 Å². The molecule has 25 heavy (non-hydrogen) atoms. The van der Waals surface area contributed by atoms with Gasteiger partial charge in [-0.2, -0.15) is 0 Å². The Labute approximate surface area is 149 Å². The number of amides is 1. The van der Waals surface area contributed by atoms with Gasteiger partial charge < -0.3 is 10.6 Å². The Hall–Kier alpha value is -1.60. The van der Waals surface area contributed by atoms with E-state index in [4.69, 9.17) is 0 Å². The van der Waals surface area contributed by atoms with Crippen LogP contribution in [-0.2, 0) is 14.8 Å². The van der Waals surface area contributed by atoms with Gasteiger partial charge in [0.2, 0.25) is 15.9 Å². The third kappa shape index (κ3) is 5.19. The van der Waals surface area contributed by atoms with E-state index in [0.29, 0.717) is 17.9 Å². The third-order valence-electron chi connectivity index (χ3n) is 4.60. The van der Waals surface area contributed by atoms with Gasteiger partial charge in [0.1, 0.15) is 0 Å². The topological polar surface area (TPSA) is 87.3 Å². The minimum absolute atomic E-state index is 0.00183. The molecule has 0 saturated heterocycles. The second-order valence-electron chi connectivity index (χ2n) is 7.42. The molecule has 0 aliphatic heterocycles. The van der Waals surface area contributed by atoms with Crippen molar-refractivity contribution in [3.05, 3.63) is 24.3 Å². The summed E-state index contributed by atoms with van der Waals surface area (Å²) in [6.07, 6.45) is 4.93. The highest BCUT2D eigenvalue weighted by Crippen LogP contribution is 2.44. The van der Waals surface area contributed by atoms with Crippen molar-refractivity contribution in [2.24, 2.45) is 11.8 Å². The van der Waals surface area contributed by atoms with E-state index in [1.165, 1.54) is 25.7 Å². The van der Waals surface area contributed by atoms with E-state index in [2.05, 4.69) is 15.4 Å². The molecule has 2 aliphatic rings. The molecule has 0 bridgehead atoms. The summed E-state index contributed by atoms with van der Waals surface area (Å²) in [4.78, 5) is 12.4. The highest BCUT2D eigenvalue weighted by molar-refractivity contribution is 7.89. The second kappa shape index (κ2) is 7.33. The Bertz CT molecular complexity index is 696. The SMILES string of the molecule is CC(C)NS(=O)(=O)c1ccc(NCC(=O)NC(C2CC2)C2CC2)cc1. The van der Waals surface area contributed by atoms with E-state index in [0.717, 1.165) is 5.69 Å². The number of hydrogen-bond acceptors (Lipinski definition) is 4. The number of rotatable bonds is 9. The summed E-state index contributed by atoms with van der Waals surface area (Å²) in [5.74, 6) is 1.35. The molecule has 0 spiro atoms. The van der Waals surface area contributed by atoms with E-state index in [-0.39, 0.29) is 23.4 Å². The van der Waals surface area contributed by atoms with Gasteiger partial charge in [-0.25, -0.2) is 13.1 Å². The number of hydrogen-bond donors (Lipinski definition) is 3. The van der Waals surface area contributed by atoms with Crippen molar-refractivity contribution < 1.29 is 13.2 Å². The average Bonchev–Trinajstić information content (AvgIpc) is 3.43. The molecule has 1 aromatic rings. The van der Waals surface area contributed by atoms with Gasteiger partial charge in [0.25, 0.3) is 0 Å². The fraction of sp³-hybridized carbons (Fsp3) is 0.611. The summed E-state index contributed by atoms with van der Waals surface area (Å²) >= 11 is 0. The van der Waals surface area contributed by atoms with Crippen LogP contribution in [0.2, 0.25) is 0 Å². The van der Waals surface area contributed by atoms with Crippen LogP contribution in [0.3, 0.4) is 0 Å². The van der Waals surface area contributed by atoms with Gasteiger partial charge in [-0.05, 0) is 75.6 Å². The molecule has 0 heterocycles. The van der Waals surface area contributed by atoms with Crippen LogP contribution >= 0.6 is 0 Å². The van der Waals surface area contributed by atoms with Gasteiger partial charge in [0, 0.05) is 17.8 Å². The summed E-state index contributed by atoms with van der Waals surface area (Å²) in [7, 11) is -3.49. The van der Waals surface area contributed by atoms with Gasteiger partial charge in [0.05, 0.1) is 11.4 Å². The lowest BCUT2D eigenvalue weighted by Crippen LogP contribution is -2.41. The molecule has 1 amide bonds. The van der Waals surface area contributed by atoms with Crippen molar-refractivity contribution in [3.63, 3.8) is 0 Å². The van der Waals surface area contributed by atoms with Crippen LogP contribution in [0.5, 0.6) is 0 Å². The maximum Gasteiger partial charge on any atom is 0.240 e. The quantitative estimate of drug-likeness (QED) is 0.625. The Kier molecular flexibility index (Phi) is 5.34. The Morgan fingerprint density at radius 2 is 1.64 bits per heavy atom. The van der Waals surface area contributed by atoms with E-state index in [9.17, 15) is 13.2 Å². The highest BCUT2D eigenvalue weighted by atomic mass is 32.2. The van der Waals surface area contributed by atoms with Gasteiger partial charge in [-0.3, -0.25) is 4.79 Å². The van der Waals surface area contributed by atoms with Crippen LogP contribution in [0.15, 0.2) is 29.2 Å². The zero-order chi connectivity index (χ0) is 18.0. The third-order valence-corrected chi connectivity index (χ3v) is 6.27. The second-order valence-corrected chi connectivity index (χ2v) is 9.14. The summed E-state index contributed by atoms with van der Waals surface area (Å²) in [6.45, 7) is 3.76. The molecule has 2 saturated carbocycles. The molecule has 138 valence electrons. The lowest BCUT2D eigenvalue weighted by Gasteiger charge is -2.18. The van der Waals surface area contributed by atoms with Gasteiger partial charge in [-0.15, -0.1) is 0 Å². The van der Waals surface area contributed by atoms with Crippen molar-refractivity contribution in [2.75, 3.05) is 11.9 Å². The minimum atomic E-state index is -3.49. The van der Waals surface area contributed by atoms with Crippen LogP contribution in [0.1, 0.15) is 39.5 Å². The molecule has 0 aromatic heterocycles. The van der Waals surface area contributed by atoms with Crippen LogP contribution in [0.25, 0.3) is 0 Å². The zero-order valence-electron chi connectivity index (χ0n) is 14.8. The maximum atomic E-state index is 12.2. The van der Waals surface area contributed by atoms with Crippen molar-refractivity contribution in [2.45, 2.75) is 56.5 Å². The van der Waals surface area contributed by atoms with Crippen LogP contribution in [0, 0.1) is 11.8 Å². The van der Waals surface area contributed by atoms with Crippen LogP contribution < -0.4 is 15.4 Å². The molecule has 0 atom stereocenters. The number of carbonyl (C=O) groups excluding carboxylic acids is 1. The monoisotopic (exact) mass is 365 g/mol. The first kappa shape index (κ1) is 18.2. The first-order chi connectivity index (χ1) is 11.8. The Morgan fingerprint density at radius 1 is 1.08 bits per heavy atom. The zero-order valence-corrected chi connectivity index (χ0v) is 15.6. The van der Waals surface area contributed by atoms with Gasteiger partial charge in [0.15, 0.2) is 0 Å². The molecule has 6 nitrogen and oxygen atoms in total. The summed E-state index contributed by atoms with van der Waals surface area (Å²) < 4.78 is 26.7. The molecule has 3 rings (SSSR count). The number of benzene rings is 1. The van der Waals surface area contributed by atoms with Crippen LogP contribution in [-0.4, -0.2) is 33.0 Å². The first-order valence-electron chi connectivity index (χ1n) is 9.01. The number of sulfonamides is 1. The average molecular weight is 365 g/mol. The molecule has 0 unspecified atom stereocenters. The van der Waals surface area contributed by atoms with Gasteiger partial charge in [-0.1, -0.05) is 0 Å². The summed E-state index contributed by atoms with van der Waals surface area (Å²) in [5.41, 5.74) is 0.730. The molecule has 0 radical (unpaired) electrons. The Morgan fingerprint density at radius 3 is 2.12 bits per heavy atom. The highest BCUT2D eigenvalue weighted by Gasteiger charge is 2.42. The largest absolute Gasteiger partial charge is 0.376 e. The van der Waals surface area contributed by atoms with E-state index < -0.39 is 10.0 Å². The standard InChI is InChI=1S/C18H27N3O3S/c1-12(2)21-25(23,24)16-9-7-15(8-10-16)19-11-17(22)20-18(13-3-4-13)14-5-6-14/h7-10,12-14,18-19,21H,3-6,11H2,1-2H3,(H,20,22). The predicted octanol–water partition coefficient (Wildman–Crippen LogP) is 2.09. The van der Waals surface area contributed by atoms with Gasteiger partial charge >= 0.3 is 0 Å². The minimum Gasteiger partial charge on any atom is -0.376 e. The fourth-order valence-corrected chi connectivity index (χ4v) is 4.33. The van der Waals surface area contributed by atoms with Crippen molar-refractivity contribution in [3.8, 4) is 0 Å². The maximum absolute atomic E-state index is 12.2. The smallest absolute Gasteiger partial charge is 0.240 e. The van der Waals surface area contributed by atoms with Crippen molar-refractivity contribution in [1.82, 2.24) is 10.0 Å². The van der Waals surface area contributed by atoms with E-state index in [1.54, 1.807) is 38.1 Å². The lowest BCUT2D eigenvalue weighted by molar-refractivity contribution is -0.120. The predicted molar refractivity (Wildman–Crippen MR) is 97.8 cm³/mol. The Balaban J connectivity index is 1.50. The van der Waals surface area contributed by atoms with Crippen molar-refractivity contribution >= 4 is 21.6 Å². The first-order valence-corrected chi connectivity index (χ1v) is 10.5. The molecular weight excluding hydrogens is 338 g/mol. The van der Waals surface area contributed by atoms with Crippen molar-refractivity contribution in [1.29, 1.82) is 0 Å². The van der Waals surface area contributed by atoms with Crippen LogP contribution in [0.4, 0.5) is 5.69 Å². The number of nitrogens with one attached hydrogen (secondary N) is 3. The normalized spacial score (nSPS) is 17.8. The molecule has 2 aliphatic carbocycles. The molecule has 7 heteroatoms. The molecule has 2 fully saturated rings. The molecule has 3 N–H and O–H groups in total. The summed E-state index contributed by atoms with van der Waals surface area (Å²) in [5, 5.41) is 6.22. The van der Waals surface area contributed by atoms with E-state index in [1.807, 2.05) is 0 Å².